The minimum absolute atomic E-state index is 0.0330. The molecule has 8 heteroatoms. The van der Waals surface area contributed by atoms with E-state index in [4.69, 9.17) is 9.26 Å². The highest BCUT2D eigenvalue weighted by Crippen LogP contribution is 2.32. The molecule has 146 valence electrons. The summed E-state index contributed by atoms with van der Waals surface area (Å²) < 4.78 is 25.7. The van der Waals surface area contributed by atoms with Crippen LogP contribution in [0.5, 0.6) is 5.75 Å². The Hall–Kier alpha value is -3.16. The molecule has 1 aliphatic heterocycles. The molecule has 1 aliphatic rings. The molecule has 1 amide bonds. The fourth-order valence-corrected chi connectivity index (χ4v) is 3.39. The first-order chi connectivity index (χ1) is 13.6. The Morgan fingerprint density at radius 1 is 1.32 bits per heavy atom. The van der Waals surface area contributed by atoms with E-state index in [1.807, 2.05) is 29.9 Å². The van der Waals surface area contributed by atoms with Crippen LogP contribution < -0.4 is 4.74 Å². The van der Waals surface area contributed by atoms with Crippen LogP contribution in [0.4, 0.5) is 4.39 Å². The predicted octanol–water partition coefficient (Wildman–Crippen LogP) is 3.15. The number of hydrogen-bond acceptors (Lipinski definition) is 5. The predicted molar refractivity (Wildman–Crippen MR) is 98.3 cm³/mol. The molecule has 3 aromatic rings. The molecule has 2 aromatic heterocycles. The average Bonchev–Trinajstić information content (AvgIpc) is 3.43. The number of carbonyl (C=O) groups is 1. The number of aromatic nitrogens is 3. The zero-order valence-corrected chi connectivity index (χ0v) is 15.5. The van der Waals surface area contributed by atoms with E-state index in [1.165, 1.54) is 12.1 Å². The molecule has 3 heterocycles. The Bertz CT molecular complexity index is 951. The second-order valence-corrected chi connectivity index (χ2v) is 6.76. The number of hydrogen-bond donors (Lipinski definition) is 0. The van der Waals surface area contributed by atoms with Crippen molar-refractivity contribution in [2.24, 2.45) is 7.05 Å². The molecule has 1 saturated heterocycles. The number of amides is 1. The lowest BCUT2D eigenvalue weighted by atomic mass is 10.2. The summed E-state index contributed by atoms with van der Waals surface area (Å²) in [6.45, 7) is 1.02. The van der Waals surface area contributed by atoms with Crippen LogP contribution >= 0.6 is 0 Å². The van der Waals surface area contributed by atoms with Crippen LogP contribution in [0, 0.1) is 5.82 Å². The molecule has 7 nitrogen and oxygen atoms in total. The highest BCUT2D eigenvalue weighted by Gasteiger charge is 2.35. The van der Waals surface area contributed by atoms with Crippen LogP contribution in [-0.2, 0) is 13.5 Å². The third kappa shape index (κ3) is 3.76. The van der Waals surface area contributed by atoms with Crippen molar-refractivity contribution in [3.63, 3.8) is 0 Å². The standard InChI is InChI=1S/C20H21FN4O3/c1-24-11-2-5-17(24)20(26)25-12-3-4-16(25)19-22-18(23-28-19)10-13-27-15-8-6-14(21)7-9-15/h2,5-9,11,16H,3-4,10,12-13H2,1H3. The molecule has 28 heavy (non-hydrogen) atoms. The van der Waals surface area contributed by atoms with Gasteiger partial charge in [0.15, 0.2) is 5.82 Å². The van der Waals surface area contributed by atoms with Gasteiger partial charge in [0.1, 0.15) is 23.3 Å². The summed E-state index contributed by atoms with van der Waals surface area (Å²) in [6.07, 6.45) is 4.00. The molecule has 4 rings (SSSR count). The lowest BCUT2D eigenvalue weighted by Crippen LogP contribution is -2.32. The van der Waals surface area contributed by atoms with Crippen LogP contribution in [0.3, 0.4) is 0 Å². The molecule has 0 saturated carbocycles. The quantitative estimate of drug-likeness (QED) is 0.653. The van der Waals surface area contributed by atoms with Crippen molar-refractivity contribution in [3.05, 3.63) is 65.8 Å². The molecular weight excluding hydrogens is 363 g/mol. The van der Waals surface area contributed by atoms with Crippen LogP contribution in [0.2, 0.25) is 0 Å². The summed E-state index contributed by atoms with van der Waals surface area (Å²) in [6, 6.07) is 9.29. The number of ether oxygens (including phenoxy) is 1. The molecule has 0 N–H and O–H groups in total. The molecule has 0 bridgehead atoms. The van der Waals surface area contributed by atoms with Gasteiger partial charge in [0.25, 0.3) is 5.91 Å². The monoisotopic (exact) mass is 384 g/mol. The number of aryl methyl sites for hydroxylation is 1. The molecule has 1 aromatic carbocycles. The van der Waals surface area contributed by atoms with Crippen LogP contribution in [0.15, 0.2) is 47.1 Å². The summed E-state index contributed by atoms with van der Waals surface area (Å²) in [4.78, 5) is 19.1. The summed E-state index contributed by atoms with van der Waals surface area (Å²) in [5, 5.41) is 4.01. The highest BCUT2D eigenvalue weighted by molar-refractivity contribution is 5.93. The van der Waals surface area contributed by atoms with Crippen molar-refractivity contribution < 1.29 is 18.4 Å². The smallest absolute Gasteiger partial charge is 0.271 e. The van der Waals surface area contributed by atoms with Gasteiger partial charge in [0.05, 0.1) is 6.61 Å². The summed E-state index contributed by atoms with van der Waals surface area (Å²) in [7, 11) is 1.85. The SMILES string of the molecule is Cn1cccc1C(=O)N1CCCC1c1nc(CCOc2ccc(F)cc2)no1. The van der Waals surface area contributed by atoms with Gasteiger partial charge >= 0.3 is 0 Å². The maximum Gasteiger partial charge on any atom is 0.271 e. The van der Waals surface area contributed by atoms with Crippen LogP contribution in [0.25, 0.3) is 0 Å². The maximum absolute atomic E-state index is 12.9. The minimum Gasteiger partial charge on any atom is -0.493 e. The van der Waals surface area contributed by atoms with Gasteiger partial charge in [-0.3, -0.25) is 4.79 Å². The third-order valence-electron chi connectivity index (χ3n) is 4.85. The van der Waals surface area contributed by atoms with E-state index in [9.17, 15) is 9.18 Å². The van der Waals surface area contributed by atoms with Crippen LogP contribution in [-0.4, -0.2) is 38.7 Å². The first-order valence-electron chi connectivity index (χ1n) is 9.25. The second kappa shape index (κ2) is 7.84. The zero-order valence-electron chi connectivity index (χ0n) is 15.5. The van der Waals surface area contributed by atoms with Crippen LogP contribution in [0.1, 0.15) is 41.1 Å². The Morgan fingerprint density at radius 2 is 2.14 bits per heavy atom. The van der Waals surface area contributed by atoms with Gasteiger partial charge in [-0.05, 0) is 49.2 Å². The summed E-state index contributed by atoms with van der Waals surface area (Å²) in [5.41, 5.74) is 0.638. The normalized spacial score (nSPS) is 16.5. The lowest BCUT2D eigenvalue weighted by Gasteiger charge is -2.22. The van der Waals surface area contributed by atoms with E-state index >= 15 is 0 Å². The molecule has 0 aliphatic carbocycles. The van der Waals surface area contributed by atoms with Crippen molar-refractivity contribution in [1.82, 2.24) is 19.6 Å². The molecule has 0 spiro atoms. The van der Waals surface area contributed by atoms with E-state index in [0.717, 1.165) is 12.8 Å². The number of carbonyl (C=O) groups excluding carboxylic acids is 1. The molecule has 0 radical (unpaired) electrons. The van der Waals surface area contributed by atoms with Gasteiger partial charge in [-0.2, -0.15) is 4.98 Å². The van der Waals surface area contributed by atoms with Gasteiger partial charge in [0, 0.05) is 26.2 Å². The van der Waals surface area contributed by atoms with Crippen molar-refractivity contribution >= 4 is 5.91 Å². The topological polar surface area (TPSA) is 73.4 Å². The van der Waals surface area contributed by atoms with E-state index in [0.29, 0.717) is 42.7 Å². The molecular formula is C20H21FN4O3. The summed E-state index contributed by atoms with van der Waals surface area (Å²) >= 11 is 0. The van der Waals surface area contributed by atoms with Gasteiger partial charge in [0.2, 0.25) is 5.89 Å². The first kappa shape index (κ1) is 18.2. The van der Waals surface area contributed by atoms with Crippen molar-refractivity contribution in [3.8, 4) is 5.75 Å². The third-order valence-corrected chi connectivity index (χ3v) is 4.85. The summed E-state index contributed by atoms with van der Waals surface area (Å²) in [5.74, 6) is 1.22. The fourth-order valence-electron chi connectivity index (χ4n) is 3.39. The molecule has 1 unspecified atom stereocenters. The zero-order chi connectivity index (χ0) is 19.5. The Labute approximate surface area is 161 Å². The molecule has 1 atom stereocenters. The van der Waals surface area contributed by atoms with E-state index in [1.54, 1.807) is 17.0 Å². The largest absolute Gasteiger partial charge is 0.493 e. The van der Waals surface area contributed by atoms with E-state index in [2.05, 4.69) is 10.1 Å². The van der Waals surface area contributed by atoms with Crippen molar-refractivity contribution in [2.45, 2.75) is 25.3 Å². The lowest BCUT2D eigenvalue weighted by molar-refractivity contribution is 0.0700. The Kier molecular flexibility index (Phi) is 5.10. The Balaban J connectivity index is 1.38. The van der Waals surface area contributed by atoms with Gasteiger partial charge in [-0.1, -0.05) is 5.16 Å². The van der Waals surface area contributed by atoms with Crippen molar-refractivity contribution in [2.75, 3.05) is 13.2 Å². The number of nitrogens with zero attached hydrogens (tertiary/aromatic N) is 4. The number of halogens is 1. The van der Waals surface area contributed by atoms with E-state index in [-0.39, 0.29) is 17.8 Å². The highest BCUT2D eigenvalue weighted by atomic mass is 19.1. The number of likely N-dealkylation sites (tertiary alicyclic amines) is 1. The van der Waals surface area contributed by atoms with Gasteiger partial charge in [-0.15, -0.1) is 0 Å². The van der Waals surface area contributed by atoms with E-state index < -0.39 is 0 Å². The van der Waals surface area contributed by atoms with Gasteiger partial charge in [-0.25, -0.2) is 4.39 Å². The first-order valence-corrected chi connectivity index (χ1v) is 9.25. The average molecular weight is 384 g/mol. The van der Waals surface area contributed by atoms with Crippen molar-refractivity contribution in [1.29, 1.82) is 0 Å². The van der Waals surface area contributed by atoms with Gasteiger partial charge < -0.3 is 18.7 Å². The Morgan fingerprint density at radius 3 is 2.89 bits per heavy atom. The number of rotatable bonds is 6. The molecule has 1 fully saturated rings. The minimum atomic E-state index is -0.304. The maximum atomic E-state index is 12.9. The fraction of sp³-hybridized carbons (Fsp3) is 0.350. The number of benzene rings is 1. The second-order valence-electron chi connectivity index (χ2n) is 6.76.